The number of carbonyl (C=O) groups is 1. The number of anilines is 2. The van der Waals surface area contributed by atoms with Crippen LogP contribution in [-0.4, -0.2) is 105 Å². The molecule has 2 saturated heterocycles. The third kappa shape index (κ3) is 12.6. The zero-order valence-corrected chi connectivity index (χ0v) is 39.8. The molecule has 7 rings (SSSR count). The molecule has 66 heavy (non-hydrogen) atoms. The minimum absolute atomic E-state index is 0.125. The number of hydrogen-bond donors (Lipinski definition) is 3. The van der Waals surface area contributed by atoms with E-state index in [1.165, 1.54) is 30.3 Å². The van der Waals surface area contributed by atoms with Crippen molar-refractivity contribution in [3.05, 3.63) is 137 Å². The fraction of sp³-hybridized carbons (Fsp3) is 0.354. The highest BCUT2D eigenvalue weighted by atomic mass is 35.5. The topological polar surface area (TPSA) is 132 Å². The number of piperidine rings is 1. The van der Waals surface area contributed by atoms with Crippen molar-refractivity contribution in [1.82, 2.24) is 14.9 Å². The first-order chi connectivity index (χ1) is 31.6. The van der Waals surface area contributed by atoms with Crippen LogP contribution in [0.5, 0.6) is 0 Å². The molecule has 0 bridgehead atoms. The molecule has 1 amide bonds. The number of nitrogens with zero attached hydrogens (tertiary/aromatic N) is 3. The number of piperazine rings is 1. The molecular weight excluding hydrogens is 930 g/mol. The first-order valence-corrected chi connectivity index (χ1v) is 26.4. The summed E-state index contributed by atoms with van der Waals surface area (Å²) in [6, 6.07) is 34.8. The molecule has 1 unspecified atom stereocenters. The van der Waals surface area contributed by atoms with Crippen molar-refractivity contribution in [2.45, 2.75) is 60.2 Å². The molecule has 5 aromatic carbocycles. The molecule has 0 spiro atoms. The minimum Gasteiger partial charge on any atom is -0.393 e. The minimum atomic E-state index is -6.00. The van der Waals surface area contributed by atoms with E-state index in [-0.39, 0.29) is 24.0 Å². The quantitative estimate of drug-likeness (QED) is 0.0574. The number of thioether (sulfide) groups is 1. The fourth-order valence-electron chi connectivity index (χ4n) is 8.12. The van der Waals surface area contributed by atoms with Crippen LogP contribution >= 0.6 is 30.9 Å². The summed E-state index contributed by atoms with van der Waals surface area (Å²) in [5, 5.41) is 15.7. The van der Waals surface area contributed by atoms with Gasteiger partial charge in [-0.15, -0.1) is 11.8 Å². The fourth-order valence-corrected chi connectivity index (χ4v) is 11.9. The summed E-state index contributed by atoms with van der Waals surface area (Å²) in [4.78, 5) is 20.2. The molecule has 11 nitrogen and oxygen atoms in total. The lowest BCUT2D eigenvalue weighted by Gasteiger charge is -2.36. The van der Waals surface area contributed by atoms with Crippen LogP contribution in [0.2, 0.25) is 5.02 Å². The van der Waals surface area contributed by atoms with Crippen molar-refractivity contribution in [2.75, 3.05) is 68.4 Å². The zero-order valence-electron chi connectivity index (χ0n) is 36.5. The number of nitrogens with one attached hydrogen (secondary N) is 2. The summed E-state index contributed by atoms with van der Waals surface area (Å²) >= 11 is 7.60. The molecule has 352 valence electrons. The standard InChI is InChI=1S/C48H54ClF3N5O6PS2/c1-2-63-64(60,54-47(59)36-14-18-40(19-15-36)57-30-28-56(29-31-57)33-37-8-6-7-11-44(37)35-12-16-38(49)17-13-35)42-20-21-45(46(32-42)66(61,62)48(50,51)52)53-39(34-65-43-9-4-3-5-10-43)22-25-55-26-23-41(58)24-27-55/h3-21,32,39,41,53,58H,2,22-31,33-34H2,1H3,(H,54,59,60)/t39-,64?/m1/s1. The van der Waals surface area contributed by atoms with E-state index in [2.05, 4.69) is 37.2 Å². The first-order valence-electron chi connectivity index (χ1n) is 21.9. The van der Waals surface area contributed by atoms with Gasteiger partial charge in [0.1, 0.15) is 4.90 Å². The maximum absolute atomic E-state index is 14.5. The summed E-state index contributed by atoms with van der Waals surface area (Å²) in [5.74, 6) is -0.426. The van der Waals surface area contributed by atoms with Gasteiger partial charge >= 0.3 is 13.0 Å². The van der Waals surface area contributed by atoms with Crippen molar-refractivity contribution in [3.8, 4) is 11.1 Å². The number of likely N-dealkylation sites (tertiary alicyclic amines) is 1. The Balaban J connectivity index is 1.05. The van der Waals surface area contributed by atoms with Crippen LogP contribution in [0.3, 0.4) is 0 Å². The molecule has 2 atom stereocenters. The number of amides is 1. The summed E-state index contributed by atoms with van der Waals surface area (Å²) < 4.78 is 89.7. The Labute approximate surface area is 394 Å². The second-order valence-corrected chi connectivity index (χ2v) is 21.9. The lowest BCUT2D eigenvalue weighted by atomic mass is 9.99. The van der Waals surface area contributed by atoms with Gasteiger partial charge in [0.2, 0.25) is 0 Å². The molecule has 0 aromatic heterocycles. The number of carbonyl (C=O) groups excluding carboxylic acids is 1. The highest BCUT2D eigenvalue weighted by Crippen LogP contribution is 2.44. The van der Waals surface area contributed by atoms with E-state index >= 15 is 0 Å². The summed E-state index contributed by atoms with van der Waals surface area (Å²) in [6.07, 6.45) is 1.29. The van der Waals surface area contributed by atoms with E-state index in [4.69, 9.17) is 16.1 Å². The van der Waals surface area contributed by atoms with E-state index < -0.39 is 45.0 Å². The Morgan fingerprint density at radius 2 is 1.55 bits per heavy atom. The summed E-state index contributed by atoms with van der Waals surface area (Å²) in [6.45, 7) is 7.02. The van der Waals surface area contributed by atoms with Crippen LogP contribution in [0.15, 0.2) is 131 Å². The van der Waals surface area contributed by atoms with E-state index in [0.29, 0.717) is 55.7 Å². The van der Waals surface area contributed by atoms with Crippen molar-refractivity contribution in [3.63, 3.8) is 0 Å². The van der Waals surface area contributed by atoms with E-state index in [0.717, 1.165) is 60.5 Å². The third-order valence-electron chi connectivity index (χ3n) is 11.8. The highest BCUT2D eigenvalue weighted by molar-refractivity contribution is 7.99. The molecular formula is C48H54ClF3N5O6PS2. The van der Waals surface area contributed by atoms with Crippen LogP contribution in [0, 0.1) is 0 Å². The summed E-state index contributed by atoms with van der Waals surface area (Å²) in [5.41, 5.74) is -1.55. The van der Waals surface area contributed by atoms with Gasteiger partial charge in [-0.1, -0.05) is 66.2 Å². The van der Waals surface area contributed by atoms with E-state index in [1.807, 2.05) is 66.7 Å². The Morgan fingerprint density at radius 1 is 0.879 bits per heavy atom. The predicted octanol–water partition coefficient (Wildman–Crippen LogP) is 9.33. The smallest absolute Gasteiger partial charge is 0.393 e. The Morgan fingerprint density at radius 3 is 2.21 bits per heavy atom. The number of halogens is 4. The van der Waals surface area contributed by atoms with Gasteiger partial charge in [0.25, 0.3) is 15.7 Å². The SMILES string of the molecule is CCOP(=O)(NC(=O)c1ccc(N2CCN(Cc3ccccc3-c3ccc(Cl)cc3)CC2)cc1)c1ccc(N[C@H](CCN2CCC(O)CC2)CSc2ccccc2)c(S(=O)(=O)C(F)(F)F)c1. The maximum atomic E-state index is 14.5. The largest absolute Gasteiger partial charge is 0.501 e. The van der Waals surface area contributed by atoms with Crippen molar-refractivity contribution in [1.29, 1.82) is 0 Å². The second-order valence-electron chi connectivity index (χ2n) is 16.3. The number of aliphatic hydroxyl groups is 1. The highest BCUT2D eigenvalue weighted by Gasteiger charge is 2.49. The number of rotatable bonds is 18. The van der Waals surface area contributed by atoms with Gasteiger partial charge in [-0.05, 0) is 110 Å². The normalized spacial score (nSPS) is 17.0. The average molecular weight is 985 g/mol. The Hall–Kier alpha value is -4.38. The molecule has 3 N–H and O–H groups in total. The molecule has 2 aliphatic heterocycles. The zero-order chi connectivity index (χ0) is 46.9. The average Bonchev–Trinajstić information content (AvgIpc) is 3.31. The molecule has 2 heterocycles. The van der Waals surface area contributed by atoms with Gasteiger partial charge in [0.15, 0.2) is 0 Å². The molecule has 18 heteroatoms. The number of hydrogen-bond acceptors (Lipinski definition) is 11. The maximum Gasteiger partial charge on any atom is 0.501 e. The molecule has 5 aromatic rings. The first kappa shape index (κ1) is 49.5. The van der Waals surface area contributed by atoms with E-state index in [1.54, 1.807) is 24.3 Å². The Kier molecular flexibility index (Phi) is 16.6. The Bertz CT molecular complexity index is 2560. The van der Waals surface area contributed by atoms with E-state index in [9.17, 15) is 36.1 Å². The van der Waals surface area contributed by atoms with Gasteiger partial charge in [-0.2, -0.15) is 13.2 Å². The van der Waals surface area contributed by atoms with Crippen molar-refractivity contribution in [2.24, 2.45) is 0 Å². The molecule has 0 saturated carbocycles. The lowest BCUT2D eigenvalue weighted by molar-refractivity contribution is -0.0435. The summed E-state index contributed by atoms with van der Waals surface area (Å²) in [7, 11) is -10.5. The van der Waals surface area contributed by atoms with Gasteiger partial charge in [-0.25, -0.2) is 8.42 Å². The van der Waals surface area contributed by atoms with Crippen molar-refractivity contribution < 1.29 is 40.6 Å². The van der Waals surface area contributed by atoms with Crippen LogP contribution < -0.4 is 20.6 Å². The lowest BCUT2D eigenvalue weighted by Crippen LogP contribution is -2.46. The number of aliphatic hydroxyl groups excluding tert-OH is 1. The van der Waals surface area contributed by atoms with Crippen LogP contribution in [0.1, 0.15) is 42.1 Å². The molecule has 0 aliphatic carbocycles. The van der Waals surface area contributed by atoms with Crippen LogP contribution in [0.25, 0.3) is 11.1 Å². The molecule has 0 radical (unpaired) electrons. The molecule has 2 fully saturated rings. The van der Waals surface area contributed by atoms with Gasteiger partial charge in [0.05, 0.1) is 23.7 Å². The van der Waals surface area contributed by atoms with Crippen LogP contribution in [0.4, 0.5) is 24.5 Å². The number of sulfone groups is 1. The number of benzene rings is 5. The van der Waals surface area contributed by atoms with Crippen molar-refractivity contribution >= 4 is 63.3 Å². The number of alkyl halides is 3. The molecule has 2 aliphatic rings. The van der Waals surface area contributed by atoms with Crippen LogP contribution in [-0.2, 0) is 25.5 Å². The predicted molar refractivity (Wildman–Crippen MR) is 258 cm³/mol. The van der Waals surface area contributed by atoms with Gasteiger partial charge < -0.3 is 24.7 Å². The third-order valence-corrected chi connectivity index (χ3v) is 16.8. The van der Waals surface area contributed by atoms with Gasteiger partial charge in [0, 0.05) is 85.3 Å². The second kappa shape index (κ2) is 22.2. The van der Waals surface area contributed by atoms with Gasteiger partial charge in [-0.3, -0.25) is 19.3 Å². The monoisotopic (exact) mass is 983 g/mol.